The Morgan fingerprint density at radius 1 is 1.29 bits per heavy atom. The highest BCUT2D eigenvalue weighted by Crippen LogP contribution is 2.04. The normalized spacial score (nSPS) is 9.94. The molecule has 0 aliphatic heterocycles. The van der Waals surface area contributed by atoms with Gasteiger partial charge in [-0.2, -0.15) is 11.3 Å². The Kier molecular flexibility index (Phi) is 6.27. The lowest BCUT2D eigenvalue weighted by atomic mass is 10.3. The Morgan fingerprint density at radius 3 is 2.76 bits per heavy atom. The van der Waals surface area contributed by atoms with Crippen LogP contribution in [0.25, 0.3) is 0 Å². The van der Waals surface area contributed by atoms with E-state index in [1.54, 1.807) is 11.4 Å². The van der Waals surface area contributed by atoms with Crippen LogP contribution in [0, 0.1) is 0 Å². The molecule has 94 valence electrons. The highest BCUT2D eigenvalue weighted by molar-refractivity contribution is 7.08. The first-order valence-electron chi connectivity index (χ1n) is 5.51. The Balaban J connectivity index is 2.11. The maximum Gasteiger partial charge on any atom is 0.252 e. The number of nitrogens with one attached hydrogen (secondary N) is 2. The van der Waals surface area contributed by atoms with Crippen LogP contribution >= 0.6 is 11.3 Å². The van der Waals surface area contributed by atoms with Gasteiger partial charge in [0.05, 0.1) is 0 Å². The molecule has 1 aromatic heterocycles. The fourth-order valence-corrected chi connectivity index (χ4v) is 1.84. The minimum absolute atomic E-state index is 0.0657. The predicted molar refractivity (Wildman–Crippen MR) is 68.0 cm³/mol. The van der Waals surface area contributed by atoms with E-state index in [9.17, 15) is 9.59 Å². The fourth-order valence-electron chi connectivity index (χ4n) is 1.20. The van der Waals surface area contributed by atoms with Crippen molar-refractivity contribution in [3.63, 3.8) is 0 Å². The molecule has 6 heteroatoms. The number of carbonyl (C=O) groups is 2. The van der Waals surface area contributed by atoms with E-state index >= 15 is 0 Å². The van der Waals surface area contributed by atoms with Crippen LogP contribution in [0.1, 0.15) is 23.2 Å². The van der Waals surface area contributed by atoms with Crippen molar-refractivity contribution in [3.05, 3.63) is 22.4 Å². The largest absolute Gasteiger partial charge is 0.356 e. The quantitative estimate of drug-likeness (QED) is 0.614. The first-order valence-corrected chi connectivity index (χ1v) is 6.45. The molecule has 1 aromatic rings. The molecule has 5 nitrogen and oxygen atoms in total. The molecule has 0 spiro atoms. The number of hydrogen-bond donors (Lipinski definition) is 3. The van der Waals surface area contributed by atoms with Gasteiger partial charge in [-0.1, -0.05) is 0 Å². The fraction of sp³-hybridized carbons (Fsp3) is 0.455. The summed E-state index contributed by atoms with van der Waals surface area (Å²) in [5, 5.41) is 9.03. The van der Waals surface area contributed by atoms with Crippen molar-refractivity contribution < 1.29 is 9.59 Å². The second kappa shape index (κ2) is 7.81. The third-order valence-corrected chi connectivity index (χ3v) is 2.81. The van der Waals surface area contributed by atoms with Crippen LogP contribution < -0.4 is 16.4 Å². The van der Waals surface area contributed by atoms with Crippen LogP contribution in [0.15, 0.2) is 16.8 Å². The molecule has 0 aromatic carbocycles. The SMILES string of the molecule is NCCCNC(=O)CCNC(=O)c1ccsc1. The standard InChI is InChI=1S/C11H17N3O2S/c12-4-1-5-13-10(15)2-6-14-11(16)9-3-7-17-8-9/h3,7-8H,1-2,4-6,12H2,(H,13,15)(H,14,16). The monoisotopic (exact) mass is 255 g/mol. The number of rotatable bonds is 7. The van der Waals surface area contributed by atoms with E-state index in [0.29, 0.717) is 31.6 Å². The number of hydrogen-bond acceptors (Lipinski definition) is 4. The van der Waals surface area contributed by atoms with Crippen molar-refractivity contribution in [2.24, 2.45) is 5.73 Å². The molecule has 17 heavy (non-hydrogen) atoms. The number of carbonyl (C=O) groups excluding carboxylic acids is 2. The smallest absolute Gasteiger partial charge is 0.252 e. The van der Waals surface area contributed by atoms with Crippen LogP contribution in [0.2, 0.25) is 0 Å². The van der Waals surface area contributed by atoms with Crippen molar-refractivity contribution in [3.8, 4) is 0 Å². The second-order valence-electron chi connectivity index (χ2n) is 3.51. The van der Waals surface area contributed by atoms with E-state index < -0.39 is 0 Å². The summed E-state index contributed by atoms with van der Waals surface area (Å²) < 4.78 is 0. The van der Waals surface area contributed by atoms with Crippen LogP contribution in [-0.2, 0) is 4.79 Å². The molecule has 0 unspecified atom stereocenters. The van der Waals surface area contributed by atoms with Gasteiger partial charge in [0, 0.05) is 30.5 Å². The summed E-state index contributed by atoms with van der Waals surface area (Å²) in [5.74, 6) is -0.204. The molecule has 0 radical (unpaired) electrons. The summed E-state index contributed by atoms with van der Waals surface area (Å²) in [6.07, 6.45) is 1.06. The van der Waals surface area contributed by atoms with Gasteiger partial charge in [0.15, 0.2) is 0 Å². The summed E-state index contributed by atoms with van der Waals surface area (Å²) in [6, 6.07) is 1.75. The lowest BCUT2D eigenvalue weighted by molar-refractivity contribution is -0.120. The van der Waals surface area contributed by atoms with Gasteiger partial charge in [0.2, 0.25) is 5.91 Å². The van der Waals surface area contributed by atoms with Gasteiger partial charge < -0.3 is 16.4 Å². The lowest BCUT2D eigenvalue weighted by Gasteiger charge is -2.05. The Bertz CT molecular complexity index is 352. The van der Waals surface area contributed by atoms with E-state index in [1.165, 1.54) is 11.3 Å². The number of thiophene rings is 1. The van der Waals surface area contributed by atoms with Crippen molar-refractivity contribution in [2.45, 2.75) is 12.8 Å². The summed E-state index contributed by atoms with van der Waals surface area (Å²) in [5.41, 5.74) is 5.94. The molecule has 0 fully saturated rings. The van der Waals surface area contributed by atoms with Crippen LogP contribution in [0.3, 0.4) is 0 Å². The van der Waals surface area contributed by atoms with Gasteiger partial charge in [-0.05, 0) is 24.4 Å². The molecule has 4 N–H and O–H groups in total. The summed E-state index contributed by atoms with van der Waals surface area (Å²) in [4.78, 5) is 22.8. The summed E-state index contributed by atoms with van der Waals surface area (Å²) in [6.45, 7) is 1.51. The zero-order valence-corrected chi connectivity index (χ0v) is 10.4. The second-order valence-corrected chi connectivity index (χ2v) is 4.29. The van der Waals surface area contributed by atoms with E-state index in [0.717, 1.165) is 6.42 Å². The van der Waals surface area contributed by atoms with Crippen molar-refractivity contribution in [2.75, 3.05) is 19.6 Å². The van der Waals surface area contributed by atoms with Gasteiger partial charge in [0.25, 0.3) is 5.91 Å². The molecule has 1 rings (SSSR count). The maximum absolute atomic E-state index is 11.5. The summed E-state index contributed by atoms with van der Waals surface area (Å²) in [7, 11) is 0. The topological polar surface area (TPSA) is 84.2 Å². The highest BCUT2D eigenvalue weighted by atomic mass is 32.1. The highest BCUT2D eigenvalue weighted by Gasteiger charge is 2.06. The number of nitrogens with two attached hydrogens (primary N) is 1. The minimum atomic E-state index is -0.138. The Labute approximate surface area is 104 Å². The first kappa shape index (κ1) is 13.7. The molecular formula is C11H17N3O2S. The van der Waals surface area contributed by atoms with Gasteiger partial charge in [-0.25, -0.2) is 0 Å². The van der Waals surface area contributed by atoms with E-state index in [1.807, 2.05) is 5.38 Å². The molecular weight excluding hydrogens is 238 g/mol. The zero-order valence-electron chi connectivity index (χ0n) is 9.57. The third-order valence-electron chi connectivity index (χ3n) is 2.12. The molecule has 0 saturated carbocycles. The molecule has 0 atom stereocenters. The van der Waals surface area contributed by atoms with Crippen molar-refractivity contribution in [1.29, 1.82) is 0 Å². The van der Waals surface area contributed by atoms with Gasteiger partial charge in [0.1, 0.15) is 0 Å². The molecule has 0 aliphatic rings. The van der Waals surface area contributed by atoms with Gasteiger partial charge in [-0.15, -0.1) is 0 Å². The average molecular weight is 255 g/mol. The average Bonchev–Trinajstić information content (AvgIpc) is 2.82. The zero-order chi connectivity index (χ0) is 12.5. The first-order chi connectivity index (χ1) is 8.24. The van der Waals surface area contributed by atoms with Crippen molar-refractivity contribution >= 4 is 23.2 Å². The third kappa shape index (κ3) is 5.46. The van der Waals surface area contributed by atoms with E-state index in [-0.39, 0.29) is 11.8 Å². The van der Waals surface area contributed by atoms with Crippen LogP contribution in [0.4, 0.5) is 0 Å². The van der Waals surface area contributed by atoms with Gasteiger partial charge >= 0.3 is 0 Å². The van der Waals surface area contributed by atoms with E-state index in [4.69, 9.17) is 5.73 Å². The molecule has 1 heterocycles. The maximum atomic E-state index is 11.5. The molecule has 2 amide bonds. The van der Waals surface area contributed by atoms with Crippen LogP contribution in [0.5, 0.6) is 0 Å². The Morgan fingerprint density at radius 2 is 2.12 bits per heavy atom. The minimum Gasteiger partial charge on any atom is -0.356 e. The number of amides is 2. The Hall–Kier alpha value is -1.40. The lowest BCUT2D eigenvalue weighted by Crippen LogP contribution is -2.31. The predicted octanol–water partition coefficient (Wildman–Crippen LogP) is 0.333. The van der Waals surface area contributed by atoms with Crippen molar-refractivity contribution in [1.82, 2.24) is 10.6 Å². The molecule has 0 aliphatic carbocycles. The van der Waals surface area contributed by atoms with Gasteiger partial charge in [-0.3, -0.25) is 9.59 Å². The summed E-state index contributed by atoms with van der Waals surface area (Å²) >= 11 is 1.47. The van der Waals surface area contributed by atoms with Crippen LogP contribution in [-0.4, -0.2) is 31.4 Å². The molecule has 0 saturated heterocycles. The van der Waals surface area contributed by atoms with E-state index in [2.05, 4.69) is 10.6 Å². The molecule has 0 bridgehead atoms.